The van der Waals surface area contributed by atoms with E-state index >= 15 is 0 Å². The van der Waals surface area contributed by atoms with E-state index in [0.29, 0.717) is 12.1 Å². The van der Waals surface area contributed by atoms with Crippen LogP contribution in [0.5, 0.6) is 0 Å². The molecule has 1 atom stereocenters. The zero-order chi connectivity index (χ0) is 22.2. The fraction of sp³-hybridized carbons (Fsp3) is 0.375. The van der Waals surface area contributed by atoms with Crippen LogP contribution in [0.2, 0.25) is 0 Å². The Balaban J connectivity index is 1.43. The molecule has 4 heterocycles. The number of carbonyl (C=O) groups excluding carboxylic acids is 1. The van der Waals surface area contributed by atoms with E-state index in [-0.39, 0.29) is 11.8 Å². The van der Waals surface area contributed by atoms with Crippen LogP contribution in [0.15, 0.2) is 42.0 Å². The second-order valence-electron chi connectivity index (χ2n) is 8.39. The molecule has 166 valence electrons. The number of likely N-dealkylation sites (tertiary alicyclic amines) is 1. The lowest BCUT2D eigenvalue weighted by Crippen LogP contribution is -2.39. The zero-order valence-electron chi connectivity index (χ0n) is 18.7. The van der Waals surface area contributed by atoms with Crippen molar-refractivity contribution in [1.29, 1.82) is 0 Å². The molecule has 0 spiro atoms. The molecule has 7 nitrogen and oxygen atoms in total. The Morgan fingerprint density at radius 3 is 2.94 bits per heavy atom. The monoisotopic (exact) mass is 448 g/mol. The average molecular weight is 449 g/mol. The maximum absolute atomic E-state index is 13.2. The quantitative estimate of drug-likeness (QED) is 0.478. The van der Waals surface area contributed by atoms with Gasteiger partial charge in [0.1, 0.15) is 4.83 Å². The third kappa shape index (κ3) is 3.58. The fourth-order valence-corrected chi connectivity index (χ4v) is 5.44. The topological polar surface area (TPSA) is 67.5 Å². The van der Waals surface area contributed by atoms with Gasteiger partial charge >= 0.3 is 0 Å². The van der Waals surface area contributed by atoms with Gasteiger partial charge in [0.05, 0.1) is 17.5 Å². The van der Waals surface area contributed by atoms with Crippen LogP contribution in [0.3, 0.4) is 0 Å². The van der Waals surface area contributed by atoms with Gasteiger partial charge in [0.15, 0.2) is 0 Å². The first kappa shape index (κ1) is 20.8. The number of hydrogen-bond donors (Lipinski definition) is 1. The molecule has 1 saturated heterocycles. The van der Waals surface area contributed by atoms with Crippen LogP contribution >= 0.6 is 11.3 Å². The summed E-state index contributed by atoms with van der Waals surface area (Å²) in [7, 11) is 1.87. The van der Waals surface area contributed by atoms with E-state index in [1.165, 1.54) is 5.56 Å². The molecule has 1 fully saturated rings. The van der Waals surface area contributed by atoms with Crippen molar-refractivity contribution >= 4 is 33.7 Å². The number of fused-ring (bicyclic) bond motifs is 1. The summed E-state index contributed by atoms with van der Waals surface area (Å²) < 4.78 is 3.89. The molecule has 8 heteroatoms. The van der Waals surface area contributed by atoms with Gasteiger partial charge in [0.2, 0.25) is 5.95 Å². The molecule has 4 aromatic rings. The number of imidazole rings is 1. The maximum Gasteiger partial charge on any atom is 0.257 e. The van der Waals surface area contributed by atoms with Gasteiger partial charge in [-0.25, -0.2) is 4.98 Å². The normalized spacial score (nSPS) is 16.6. The maximum atomic E-state index is 13.2. The van der Waals surface area contributed by atoms with E-state index in [1.807, 2.05) is 24.9 Å². The van der Waals surface area contributed by atoms with E-state index in [9.17, 15) is 4.79 Å². The predicted octanol–water partition coefficient (Wildman–Crippen LogP) is 4.76. The first-order valence-corrected chi connectivity index (χ1v) is 12.0. The Morgan fingerprint density at radius 2 is 2.16 bits per heavy atom. The average Bonchev–Trinajstić information content (AvgIpc) is 3.51. The number of benzene rings is 1. The highest BCUT2D eigenvalue weighted by molar-refractivity contribution is 7.15. The molecule has 3 aromatic heterocycles. The number of nitrogens with zero attached hydrogens (tertiary/aromatic N) is 5. The minimum absolute atomic E-state index is 0.0668. The number of para-hydroxylation sites is 1. The van der Waals surface area contributed by atoms with E-state index in [2.05, 4.69) is 51.5 Å². The van der Waals surface area contributed by atoms with Crippen LogP contribution in [-0.4, -0.2) is 43.1 Å². The van der Waals surface area contributed by atoms with Crippen LogP contribution in [0.25, 0.3) is 4.83 Å². The Kier molecular flexibility index (Phi) is 5.46. The number of aromatic nitrogens is 4. The molecule has 0 unspecified atom stereocenters. The predicted molar refractivity (Wildman–Crippen MR) is 128 cm³/mol. The third-order valence-corrected chi connectivity index (χ3v) is 7.37. The van der Waals surface area contributed by atoms with Gasteiger partial charge in [-0.05, 0) is 37.8 Å². The molecule has 0 bridgehead atoms. The summed E-state index contributed by atoms with van der Waals surface area (Å²) in [5, 5.41) is 9.90. The highest BCUT2D eigenvalue weighted by Crippen LogP contribution is 2.35. The zero-order valence-corrected chi connectivity index (χ0v) is 19.5. The fourth-order valence-electron chi connectivity index (χ4n) is 4.54. The highest BCUT2D eigenvalue weighted by atomic mass is 32.1. The third-order valence-electron chi connectivity index (χ3n) is 6.49. The van der Waals surface area contributed by atoms with Crippen LogP contribution in [-0.2, 0) is 13.5 Å². The summed E-state index contributed by atoms with van der Waals surface area (Å²) in [6.07, 6.45) is 6.72. The number of piperidine rings is 1. The molecular weight excluding hydrogens is 420 g/mol. The Hall–Kier alpha value is -3.13. The number of aryl methyl sites for hydroxylation is 2. The number of hydrogen-bond acceptors (Lipinski definition) is 5. The molecule has 1 aromatic carbocycles. The van der Waals surface area contributed by atoms with Gasteiger partial charge in [-0.3, -0.25) is 13.9 Å². The molecule has 1 amide bonds. The van der Waals surface area contributed by atoms with E-state index in [1.54, 1.807) is 22.2 Å². The smallest absolute Gasteiger partial charge is 0.257 e. The summed E-state index contributed by atoms with van der Waals surface area (Å²) in [5.41, 5.74) is 5.03. The molecule has 1 aliphatic rings. The number of thiazole rings is 1. The summed E-state index contributed by atoms with van der Waals surface area (Å²) in [5.74, 6) is 1.12. The first-order valence-electron chi connectivity index (χ1n) is 11.1. The summed E-state index contributed by atoms with van der Waals surface area (Å²) in [4.78, 5) is 21.3. The lowest BCUT2D eigenvalue weighted by molar-refractivity contribution is 0.0705. The van der Waals surface area contributed by atoms with E-state index < -0.39 is 0 Å². The van der Waals surface area contributed by atoms with Crippen molar-refractivity contribution in [1.82, 2.24) is 24.1 Å². The first-order chi connectivity index (χ1) is 15.6. The molecule has 0 radical (unpaired) electrons. The van der Waals surface area contributed by atoms with Crippen LogP contribution in [0.1, 0.15) is 53.0 Å². The van der Waals surface area contributed by atoms with Crippen molar-refractivity contribution in [2.24, 2.45) is 7.05 Å². The van der Waals surface area contributed by atoms with Gasteiger partial charge in [-0.15, -0.1) is 11.3 Å². The number of nitrogens with one attached hydrogen (secondary N) is 1. The minimum atomic E-state index is 0.0668. The van der Waals surface area contributed by atoms with Gasteiger partial charge in [-0.1, -0.05) is 25.1 Å². The van der Waals surface area contributed by atoms with Crippen molar-refractivity contribution in [3.05, 3.63) is 64.6 Å². The summed E-state index contributed by atoms with van der Waals surface area (Å²) in [6, 6.07) is 8.36. The van der Waals surface area contributed by atoms with Crippen molar-refractivity contribution in [2.45, 2.75) is 39.0 Å². The molecule has 1 N–H and O–H groups in total. The molecule has 1 aliphatic heterocycles. The second-order valence-corrected chi connectivity index (χ2v) is 9.29. The van der Waals surface area contributed by atoms with E-state index in [4.69, 9.17) is 4.98 Å². The second kappa shape index (κ2) is 8.43. The van der Waals surface area contributed by atoms with Crippen LogP contribution in [0, 0.1) is 6.92 Å². The summed E-state index contributed by atoms with van der Waals surface area (Å²) in [6.45, 7) is 5.57. The SMILES string of the molecule is CCc1ccccc1Nc1nc([C@@H]2CCCN(C(=O)c3cnn(C)c3C)C2)c2sccn12. The van der Waals surface area contributed by atoms with Gasteiger partial charge in [0.25, 0.3) is 5.91 Å². The van der Waals surface area contributed by atoms with Crippen LogP contribution < -0.4 is 5.32 Å². The largest absolute Gasteiger partial charge is 0.338 e. The van der Waals surface area contributed by atoms with Crippen LogP contribution in [0.4, 0.5) is 11.6 Å². The molecular formula is C24H28N6OS. The molecule has 32 heavy (non-hydrogen) atoms. The molecule has 0 aliphatic carbocycles. The van der Waals surface area contributed by atoms with Gasteiger partial charge in [-0.2, -0.15) is 5.10 Å². The summed E-state index contributed by atoms with van der Waals surface area (Å²) >= 11 is 1.70. The van der Waals surface area contributed by atoms with Crippen molar-refractivity contribution in [3.8, 4) is 0 Å². The Morgan fingerprint density at radius 1 is 1.31 bits per heavy atom. The van der Waals surface area contributed by atoms with Crippen molar-refractivity contribution < 1.29 is 4.79 Å². The number of rotatable bonds is 5. The Labute approximate surface area is 191 Å². The van der Waals surface area contributed by atoms with Gasteiger partial charge in [0, 0.05) is 49.0 Å². The minimum Gasteiger partial charge on any atom is -0.338 e. The number of amides is 1. The van der Waals surface area contributed by atoms with E-state index in [0.717, 1.165) is 53.7 Å². The molecule has 5 rings (SSSR count). The lowest BCUT2D eigenvalue weighted by Gasteiger charge is -2.32. The number of carbonyl (C=O) groups is 1. The highest BCUT2D eigenvalue weighted by Gasteiger charge is 2.30. The van der Waals surface area contributed by atoms with Crippen molar-refractivity contribution in [3.63, 3.8) is 0 Å². The molecule has 0 saturated carbocycles. The Bertz CT molecular complexity index is 1270. The van der Waals surface area contributed by atoms with Crippen molar-refractivity contribution in [2.75, 3.05) is 18.4 Å². The van der Waals surface area contributed by atoms with Gasteiger partial charge < -0.3 is 10.2 Å². The lowest BCUT2D eigenvalue weighted by atomic mass is 9.94. The standard InChI is InChI=1S/C24H28N6OS/c1-4-17-8-5-6-10-20(17)26-24-27-21(23-30(24)12-13-32-23)18-9-7-11-29(15-18)22(31)19-14-25-28(3)16(19)2/h5-6,8,10,12-14,18H,4,7,9,11,15H2,1-3H3,(H,26,27)/t18-/m1/s1. The number of anilines is 2.